The zero-order valence-corrected chi connectivity index (χ0v) is 13.9. The van der Waals surface area contributed by atoms with Gasteiger partial charge in [0, 0.05) is 24.5 Å². The number of urea groups is 1. The molecule has 2 aliphatic rings. The van der Waals surface area contributed by atoms with E-state index in [0.717, 1.165) is 34.9 Å². The average Bonchev–Trinajstić information content (AvgIpc) is 3.12. The van der Waals surface area contributed by atoms with Gasteiger partial charge in [-0.2, -0.15) is 0 Å². The summed E-state index contributed by atoms with van der Waals surface area (Å²) in [5.74, 6) is -0.0228. The van der Waals surface area contributed by atoms with Crippen molar-refractivity contribution in [3.63, 3.8) is 0 Å². The maximum absolute atomic E-state index is 12.3. The van der Waals surface area contributed by atoms with Crippen LogP contribution in [0.3, 0.4) is 0 Å². The highest BCUT2D eigenvalue weighted by atomic mass is 35.5. The Bertz CT molecular complexity index is 591. The minimum atomic E-state index is -0.487. The topological polar surface area (TPSA) is 75.4 Å². The lowest BCUT2D eigenvalue weighted by Gasteiger charge is -2.24. The molecule has 1 aliphatic carbocycles. The molecule has 1 aliphatic heterocycles. The van der Waals surface area contributed by atoms with Crippen molar-refractivity contribution in [3.8, 4) is 0 Å². The highest BCUT2D eigenvalue weighted by molar-refractivity contribution is 7.16. The second-order valence-corrected chi connectivity index (χ2v) is 7.98. The van der Waals surface area contributed by atoms with E-state index in [1.54, 1.807) is 4.90 Å². The fourth-order valence-corrected chi connectivity index (χ4v) is 4.82. The van der Waals surface area contributed by atoms with Gasteiger partial charge >= 0.3 is 6.03 Å². The normalized spacial score (nSPS) is 27.0. The van der Waals surface area contributed by atoms with Crippen LogP contribution in [-0.4, -0.2) is 36.5 Å². The number of nitrogens with two attached hydrogens (primary N) is 1. The van der Waals surface area contributed by atoms with Crippen LogP contribution in [0.25, 0.3) is 0 Å². The van der Waals surface area contributed by atoms with Gasteiger partial charge in [-0.05, 0) is 37.3 Å². The maximum atomic E-state index is 12.3. The number of amides is 3. The molecule has 22 heavy (non-hydrogen) atoms. The monoisotopic (exact) mass is 341 g/mol. The number of carbonyl (C=O) groups excluding carboxylic acids is 2. The molecule has 3 N–H and O–H groups in total. The van der Waals surface area contributed by atoms with Gasteiger partial charge in [-0.15, -0.1) is 11.3 Å². The lowest BCUT2D eigenvalue weighted by molar-refractivity contribution is -0.128. The molecule has 1 saturated heterocycles. The molecule has 3 amide bonds. The van der Waals surface area contributed by atoms with Gasteiger partial charge < -0.3 is 16.0 Å². The van der Waals surface area contributed by atoms with Crippen molar-refractivity contribution in [2.45, 2.75) is 25.7 Å². The van der Waals surface area contributed by atoms with Crippen molar-refractivity contribution in [1.29, 1.82) is 0 Å². The van der Waals surface area contributed by atoms with E-state index in [1.165, 1.54) is 11.3 Å². The van der Waals surface area contributed by atoms with Crippen LogP contribution in [0.1, 0.15) is 24.1 Å². The number of fused-ring (bicyclic) bond motifs is 1. The predicted octanol–water partition coefficient (Wildman–Crippen LogP) is 2.24. The third-order valence-electron chi connectivity index (χ3n) is 4.93. The Hall–Kier alpha value is -1.27. The molecule has 0 unspecified atom stereocenters. The second kappa shape index (κ2) is 6.08. The molecule has 0 spiro atoms. The average molecular weight is 342 g/mol. The molecule has 7 heteroatoms. The van der Waals surface area contributed by atoms with E-state index < -0.39 is 5.41 Å². The minimum absolute atomic E-state index is 0.0994. The summed E-state index contributed by atoms with van der Waals surface area (Å²) in [4.78, 5) is 27.0. The van der Waals surface area contributed by atoms with E-state index in [1.807, 2.05) is 12.1 Å². The number of halogens is 1. The van der Waals surface area contributed by atoms with Gasteiger partial charge in [0.05, 0.1) is 9.75 Å². The fourth-order valence-electron chi connectivity index (χ4n) is 3.74. The Labute approximate surface area is 138 Å². The van der Waals surface area contributed by atoms with Crippen molar-refractivity contribution < 1.29 is 9.59 Å². The fraction of sp³-hybridized carbons (Fsp3) is 0.600. The van der Waals surface area contributed by atoms with Crippen LogP contribution in [0, 0.1) is 11.3 Å². The van der Waals surface area contributed by atoms with Gasteiger partial charge in [0.2, 0.25) is 5.91 Å². The zero-order chi connectivity index (χ0) is 15.7. The number of thiophene rings is 1. The summed E-state index contributed by atoms with van der Waals surface area (Å²) in [6.45, 7) is 1.67. The van der Waals surface area contributed by atoms with Crippen LogP contribution in [-0.2, 0) is 11.2 Å². The first kappa shape index (κ1) is 15.6. The second-order valence-electron chi connectivity index (χ2n) is 6.18. The maximum Gasteiger partial charge on any atom is 0.317 e. The van der Waals surface area contributed by atoms with Crippen molar-refractivity contribution in [1.82, 2.24) is 10.2 Å². The lowest BCUT2D eigenvalue weighted by Crippen LogP contribution is -2.44. The van der Waals surface area contributed by atoms with Crippen LogP contribution in [0.5, 0.6) is 0 Å². The van der Waals surface area contributed by atoms with Gasteiger partial charge in [-0.25, -0.2) is 4.79 Å². The molecule has 3 rings (SSSR count). The third kappa shape index (κ3) is 2.82. The summed E-state index contributed by atoms with van der Waals surface area (Å²) in [5, 5.41) is 2.93. The van der Waals surface area contributed by atoms with Crippen molar-refractivity contribution in [3.05, 3.63) is 21.3 Å². The standard InChI is InChI=1S/C15H20ClN3O2S/c16-12-4-3-11(22-12)5-7-18-14(21)19-8-10-2-1-6-15(10,9-19)13(17)20/h3-4,10H,1-2,5-9H2,(H2,17,20)(H,18,21)/t10-,15-/m0/s1. The predicted molar refractivity (Wildman–Crippen MR) is 87.0 cm³/mol. The molecular weight excluding hydrogens is 322 g/mol. The van der Waals surface area contributed by atoms with Crippen LogP contribution >= 0.6 is 22.9 Å². The Morgan fingerprint density at radius 3 is 2.95 bits per heavy atom. The number of carbonyl (C=O) groups is 2. The van der Waals surface area contributed by atoms with Gasteiger partial charge in [-0.3, -0.25) is 4.79 Å². The number of nitrogens with one attached hydrogen (secondary N) is 1. The third-order valence-corrected chi connectivity index (χ3v) is 6.22. The number of likely N-dealkylation sites (tertiary alicyclic amines) is 1. The summed E-state index contributed by atoms with van der Waals surface area (Å²) >= 11 is 7.41. The van der Waals surface area contributed by atoms with Gasteiger partial charge in [0.25, 0.3) is 0 Å². The SMILES string of the molecule is NC(=O)[C@]12CCC[C@H]1CN(C(=O)NCCc1ccc(Cl)s1)C2. The minimum Gasteiger partial charge on any atom is -0.369 e. The summed E-state index contributed by atoms with van der Waals surface area (Å²) in [6, 6.07) is 3.74. The molecule has 1 saturated carbocycles. The largest absolute Gasteiger partial charge is 0.369 e. The highest BCUT2D eigenvalue weighted by Crippen LogP contribution is 2.48. The molecule has 2 atom stereocenters. The van der Waals surface area contributed by atoms with E-state index in [2.05, 4.69) is 5.32 Å². The molecule has 1 aromatic rings. The van der Waals surface area contributed by atoms with Crippen molar-refractivity contribution in [2.24, 2.45) is 17.1 Å². The molecule has 0 radical (unpaired) electrons. The van der Waals surface area contributed by atoms with E-state index in [4.69, 9.17) is 17.3 Å². The van der Waals surface area contributed by atoms with Crippen molar-refractivity contribution >= 4 is 34.9 Å². The van der Waals surface area contributed by atoms with E-state index in [0.29, 0.717) is 19.6 Å². The summed E-state index contributed by atoms with van der Waals surface area (Å²) in [6.07, 6.45) is 3.59. The summed E-state index contributed by atoms with van der Waals surface area (Å²) in [5.41, 5.74) is 5.12. The van der Waals surface area contributed by atoms with Gasteiger partial charge in [0.15, 0.2) is 0 Å². The molecule has 2 heterocycles. The highest BCUT2D eigenvalue weighted by Gasteiger charge is 2.54. The van der Waals surface area contributed by atoms with Crippen LogP contribution in [0.4, 0.5) is 4.79 Å². The molecule has 0 aromatic carbocycles. The quantitative estimate of drug-likeness (QED) is 0.881. The van der Waals surface area contributed by atoms with Crippen molar-refractivity contribution in [2.75, 3.05) is 19.6 Å². The molecule has 5 nitrogen and oxygen atoms in total. The zero-order valence-electron chi connectivity index (χ0n) is 12.3. The first-order valence-electron chi connectivity index (χ1n) is 7.58. The smallest absolute Gasteiger partial charge is 0.317 e. The van der Waals surface area contributed by atoms with Gasteiger partial charge in [0.1, 0.15) is 0 Å². The molecule has 0 bridgehead atoms. The van der Waals surface area contributed by atoms with Crippen LogP contribution < -0.4 is 11.1 Å². The Morgan fingerprint density at radius 1 is 1.50 bits per heavy atom. The number of rotatable bonds is 4. The molecule has 120 valence electrons. The first-order valence-corrected chi connectivity index (χ1v) is 8.77. The Balaban J connectivity index is 1.52. The molecule has 1 aromatic heterocycles. The summed E-state index contributed by atoms with van der Waals surface area (Å²) in [7, 11) is 0. The summed E-state index contributed by atoms with van der Waals surface area (Å²) < 4.78 is 0.761. The number of primary amides is 1. The van der Waals surface area contributed by atoms with Crippen LogP contribution in [0.2, 0.25) is 4.34 Å². The van der Waals surface area contributed by atoms with E-state index in [9.17, 15) is 9.59 Å². The first-order chi connectivity index (χ1) is 10.5. The van der Waals surface area contributed by atoms with E-state index in [-0.39, 0.29) is 17.9 Å². The lowest BCUT2D eigenvalue weighted by atomic mass is 9.80. The molecule has 2 fully saturated rings. The Kier molecular flexibility index (Phi) is 4.32. The number of hydrogen-bond acceptors (Lipinski definition) is 3. The molecular formula is C15H20ClN3O2S. The number of hydrogen-bond donors (Lipinski definition) is 2. The van der Waals surface area contributed by atoms with Crippen LogP contribution in [0.15, 0.2) is 12.1 Å². The van der Waals surface area contributed by atoms with Gasteiger partial charge in [-0.1, -0.05) is 18.0 Å². The Morgan fingerprint density at radius 2 is 2.32 bits per heavy atom. The van der Waals surface area contributed by atoms with E-state index >= 15 is 0 Å². The number of nitrogens with zero attached hydrogens (tertiary/aromatic N) is 1.